The van der Waals surface area contributed by atoms with Crippen LogP contribution >= 0.6 is 7.82 Å². The van der Waals surface area contributed by atoms with E-state index in [9.17, 15) is 23.8 Å². The predicted molar refractivity (Wildman–Crippen MR) is 229 cm³/mol. The van der Waals surface area contributed by atoms with E-state index < -0.39 is 32.5 Å². The van der Waals surface area contributed by atoms with Gasteiger partial charge >= 0.3 is 19.8 Å². The summed E-state index contributed by atoms with van der Waals surface area (Å²) in [4.78, 5) is 46.9. The maximum absolute atomic E-state index is 12.6. The molecular formula is C45H80NO9P. The number of hydrogen-bond donors (Lipinski definition) is 2. The lowest BCUT2D eigenvalue weighted by Gasteiger charge is -2.19. The van der Waals surface area contributed by atoms with Crippen molar-refractivity contribution in [1.82, 2.24) is 0 Å². The van der Waals surface area contributed by atoms with Gasteiger partial charge in [0.2, 0.25) is 0 Å². The van der Waals surface area contributed by atoms with Gasteiger partial charge in [-0.25, -0.2) is 4.57 Å². The minimum absolute atomic E-state index is 0.0318. The highest BCUT2D eigenvalue weighted by Gasteiger charge is 2.26. The van der Waals surface area contributed by atoms with E-state index in [1.54, 1.807) is 6.08 Å². The van der Waals surface area contributed by atoms with E-state index >= 15 is 0 Å². The molecule has 0 rings (SSSR count). The summed E-state index contributed by atoms with van der Waals surface area (Å²) >= 11 is 0. The Hall–Kier alpha value is -2.36. The van der Waals surface area contributed by atoms with Gasteiger partial charge in [0, 0.05) is 25.8 Å². The second-order valence-corrected chi connectivity index (χ2v) is 16.0. The van der Waals surface area contributed by atoms with Crippen LogP contribution in [0.25, 0.3) is 0 Å². The zero-order valence-electron chi connectivity index (χ0n) is 35.4. The number of nitrogens with two attached hydrogens (primary N) is 1. The third kappa shape index (κ3) is 39.9. The van der Waals surface area contributed by atoms with Crippen molar-refractivity contribution in [2.45, 2.75) is 193 Å². The van der Waals surface area contributed by atoms with Crippen LogP contribution in [0.5, 0.6) is 0 Å². The molecule has 0 amide bonds. The Morgan fingerprint density at radius 1 is 0.589 bits per heavy atom. The van der Waals surface area contributed by atoms with Crippen LogP contribution in [0.4, 0.5) is 0 Å². The standard InChI is InChI=1S/C45H80NO9P/c1-3-5-7-9-11-12-13-14-15-16-17-18-19-20-21-22-24-28-32-36-44(48)52-40-43(41-54-56(50,51)53-39-38-46)55-45(49)37-33-29-25-27-31-35-42(47)34-30-26-23-10-8-6-4-2/h11-12,14-15,23,26,30,34,43H,3-10,13,16-22,24-25,27-29,31-33,35-41,46H2,1-2H3,(H,50,51)/b12-11-,15-14-,26-23-,34-30+/t43-/m1/s1. The maximum atomic E-state index is 12.6. The number of esters is 2. The molecule has 0 aromatic carbocycles. The quantitative estimate of drug-likeness (QED) is 0.0152. The molecule has 1 unspecified atom stereocenters. The third-order valence-corrected chi connectivity index (χ3v) is 10.1. The lowest BCUT2D eigenvalue weighted by molar-refractivity contribution is -0.161. The van der Waals surface area contributed by atoms with Gasteiger partial charge in [-0.2, -0.15) is 0 Å². The highest BCUT2D eigenvalue weighted by Crippen LogP contribution is 2.43. The number of allylic oxidation sites excluding steroid dienone is 8. The zero-order valence-corrected chi connectivity index (χ0v) is 36.2. The van der Waals surface area contributed by atoms with Crippen LogP contribution < -0.4 is 5.73 Å². The number of ketones is 1. The molecule has 0 spiro atoms. The topological polar surface area (TPSA) is 151 Å². The van der Waals surface area contributed by atoms with Crippen molar-refractivity contribution in [2.75, 3.05) is 26.4 Å². The van der Waals surface area contributed by atoms with Gasteiger partial charge in [0.15, 0.2) is 11.9 Å². The first-order valence-corrected chi connectivity index (χ1v) is 23.6. The van der Waals surface area contributed by atoms with E-state index in [1.165, 1.54) is 77.0 Å². The zero-order chi connectivity index (χ0) is 41.2. The highest BCUT2D eigenvalue weighted by molar-refractivity contribution is 7.47. The molecule has 3 N–H and O–H groups in total. The number of carbonyl (C=O) groups excluding carboxylic acids is 3. The monoisotopic (exact) mass is 810 g/mol. The number of carbonyl (C=O) groups is 3. The highest BCUT2D eigenvalue weighted by atomic mass is 31.2. The van der Waals surface area contributed by atoms with Crippen molar-refractivity contribution in [1.29, 1.82) is 0 Å². The lowest BCUT2D eigenvalue weighted by Crippen LogP contribution is -2.29. The average molecular weight is 810 g/mol. The van der Waals surface area contributed by atoms with E-state index in [2.05, 4.69) is 44.2 Å². The molecule has 56 heavy (non-hydrogen) atoms. The second-order valence-electron chi connectivity index (χ2n) is 14.6. The molecule has 0 saturated carbocycles. The second kappa shape index (κ2) is 40.8. The van der Waals surface area contributed by atoms with Crippen LogP contribution in [0, 0.1) is 0 Å². The molecule has 10 nitrogen and oxygen atoms in total. The Morgan fingerprint density at radius 3 is 1.66 bits per heavy atom. The fourth-order valence-corrected chi connectivity index (χ4v) is 6.59. The summed E-state index contributed by atoms with van der Waals surface area (Å²) in [7, 11) is -4.41. The largest absolute Gasteiger partial charge is 0.472 e. The first-order chi connectivity index (χ1) is 27.2. The van der Waals surface area contributed by atoms with Gasteiger partial charge < -0.3 is 20.1 Å². The molecule has 0 heterocycles. The van der Waals surface area contributed by atoms with Gasteiger partial charge in [0.1, 0.15) is 6.61 Å². The van der Waals surface area contributed by atoms with Gasteiger partial charge in [0.25, 0.3) is 0 Å². The predicted octanol–water partition coefficient (Wildman–Crippen LogP) is 11.9. The number of ether oxygens (including phenoxy) is 2. The Kier molecular flexibility index (Phi) is 39.1. The fourth-order valence-electron chi connectivity index (χ4n) is 5.82. The molecule has 0 aliphatic rings. The van der Waals surface area contributed by atoms with Crippen molar-refractivity contribution in [3.8, 4) is 0 Å². The summed E-state index contributed by atoms with van der Waals surface area (Å²) in [5.74, 6) is -0.812. The molecule has 0 aliphatic heterocycles. The summed E-state index contributed by atoms with van der Waals surface area (Å²) in [5.41, 5.74) is 5.34. The van der Waals surface area contributed by atoms with Gasteiger partial charge in [-0.1, -0.05) is 146 Å². The van der Waals surface area contributed by atoms with Crippen molar-refractivity contribution in [2.24, 2.45) is 5.73 Å². The van der Waals surface area contributed by atoms with Crippen LogP contribution in [0.15, 0.2) is 48.6 Å². The molecule has 0 aromatic heterocycles. The number of unbranched alkanes of at least 4 members (excludes halogenated alkanes) is 19. The van der Waals surface area contributed by atoms with Gasteiger partial charge in [-0.05, 0) is 70.3 Å². The smallest absolute Gasteiger partial charge is 0.462 e. The molecule has 324 valence electrons. The summed E-state index contributed by atoms with van der Waals surface area (Å²) in [6.07, 6.45) is 42.4. The van der Waals surface area contributed by atoms with Crippen LogP contribution in [0.2, 0.25) is 0 Å². The number of phosphoric ester groups is 1. The Morgan fingerprint density at radius 2 is 1.09 bits per heavy atom. The minimum atomic E-state index is -4.41. The Bertz CT molecular complexity index is 1120. The molecule has 0 aliphatic carbocycles. The van der Waals surface area contributed by atoms with Crippen LogP contribution in [-0.4, -0.2) is 55.1 Å². The van der Waals surface area contributed by atoms with Crippen molar-refractivity contribution < 1.29 is 42.4 Å². The first-order valence-electron chi connectivity index (χ1n) is 22.1. The van der Waals surface area contributed by atoms with Crippen molar-refractivity contribution >= 4 is 25.5 Å². The third-order valence-electron chi connectivity index (χ3n) is 9.16. The summed E-state index contributed by atoms with van der Waals surface area (Å²) < 4.78 is 32.7. The fraction of sp³-hybridized carbons (Fsp3) is 0.756. The molecular weight excluding hydrogens is 729 g/mol. The van der Waals surface area contributed by atoms with Crippen LogP contribution in [0.1, 0.15) is 187 Å². The molecule has 2 atom stereocenters. The number of hydrogen-bond acceptors (Lipinski definition) is 9. The van der Waals surface area contributed by atoms with Gasteiger partial charge in [-0.3, -0.25) is 23.4 Å². The maximum Gasteiger partial charge on any atom is 0.472 e. The SMILES string of the molecule is CCCCC/C=C\C=C\C(=O)CCCCCCCC(=O)O[C@H](COC(=O)CCCCCCCCCCC/C=C\C/C=C\CCCCC)COP(=O)(O)OCCN. The van der Waals surface area contributed by atoms with Gasteiger partial charge in [-0.15, -0.1) is 0 Å². The van der Waals surface area contributed by atoms with Crippen LogP contribution in [0.3, 0.4) is 0 Å². The summed E-state index contributed by atoms with van der Waals surface area (Å²) in [6.45, 7) is 3.51. The molecule has 0 radical (unpaired) electrons. The molecule has 0 aromatic rings. The average Bonchev–Trinajstić information content (AvgIpc) is 3.18. The van der Waals surface area contributed by atoms with E-state index in [0.29, 0.717) is 19.3 Å². The first kappa shape index (κ1) is 53.6. The van der Waals surface area contributed by atoms with E-state index in [-0.39, 0.29) is 38.4 Å². The molecule has 11 heteroatoms. The number of rotatable bonds is 41. The Balaban J connectivity index is 4.21. The van der Waals surface area contributed by atoms with E-state index in [4.69, 9.17) is 24.3 Å². The van der Waals surface area contributed by atoms with Gasteiger partial charge in [0.05, 0.1) is 13.2 Å². The lowest BCUT2D eigenvalue weighted by atomic mass is 10.1. The molecule has 0 bridgehead atoms. The number of phosphoric acid groups is 1. The van der Waals surface area contributed by atoms with E-state index in [0.717, 1.165) is 64.2 Å². The summed E-state index contributed by atoms with van der Waals surface area (Å²) in [6, 6.07) is 0. The molecule has 0 fully saturated rings. The molecule has 0 saturated heterocycles. The minimum Gasteiger partial charge on any atom is -0.462 e. The summed E-state index contributed by atoms with van der Waals surface area (Å²) in [5, 5.41) is 0. The van der Waals surface area contributed by atoms with Crippen molar-refractivity contribution in [3.05, 3.63) is 48.6 Å². The van der Waals surface area contributed by atoms with Crippen molar-refractivity contribution in [3.63, 3.8) is 0 Å². The normalized spacial score (nSPS) is 13.6. The Labute approximate surface area is 341 Å². The van der Waals surface area contributed by atoms with Crippen LogP contribution in [-0.2, 0) is 37.5 Å². The van der Waals surface area contributed by atoms with E-state index in [1.807, 2.05) is 12.2 Å².